The number of rotatable bonds is 9. The smallest absolute Gasteiger partial charge is 0.269 e. The van der Waals surface area contributed by atoms with E-state index in [1.54, 1.807) is 19.2 Å². The van der Waals surface area contributed by atoms with Crippen molar-refractivity contribution in [3.05, 3.63) is 57.4 Å². The number of non-ortho nitro benzene ring substituents is 1. The Balaban J connectivity index is 1.55. The second kappa shape index (κ2) is 9.86. The van der Waals surface area contributed by atoms with Gasteiger partial charge in [0.05, 0.1) is 11.5 Å². The van der Waals surface area contributed by atoms with E-state index in [2.05, 4.69) is 14.4 Å². The van der Waals surface area contributed by atoms with Crippen LogP contribution in [0.25, 0.3) is 0 Å². The monoisotopic (exact) mass is 414 g/mol. The van der Waals surface area contributed by atoms with E-state index in [4.69, 9.17) is 4.74 Å². The number of aromatic nitrogens is 1. The maximum absolute atomic E-state index is 12.9. The minimum Gasteiger partial charge on any atom is -0.385 e. The summed E-state index contributed by atoms with van der Waals surface area (Å²) in [6.07, 6.45) is 0.922. The minimum absolute atomic E-state index is 0.0998. The molecule has 1 aliphatic rings. The van der Waals surface area contributed by atoms with E-state index in [1.165, 1.54) is 12.1 Å². The van der Waals surface area contributed by atoms with Crippen LogP contribution in [0.2, 0.25) is 0 Å². The van der Waals surface area contributed by atoms with Crippen LogP contribution in [0.15, 0.2) is 30.3 Å². The average molecular weight is 415 g/mol. The van der Waals surface area contributed by atoms with Gasteiger partial charge in [0.1, 0.15) is 0 Å². The summed E-state index contributed by atoms with van der Waals surface area (Å²) in [5.41, 5.74) is 4.02. The number of carbonyl (C=O) groups excluding carboxylic acids is 1. The average Bonchev–Trinajstić information content (AvgIpc) is 3.03. The van der Waals surface area contributed by atoms with Gasteiger partial charge in [-0.2, -0.15) is 0 Å². The Kier molecular flexibility index (Phi) is 7.23. The normalized spacial score (nSPS) is 14.8. The number of methoxy groups -OCH3 is 1. The standard InChI is InChI=1S/C22H30N4O4/c1-17-15-21(18(2)25(17)9-4-14-30-3)22(27)16-23-10-12-24(13-11-23)19-5-7-20(8-6-19)26(28)29/h5-8,15H,4,9-14,16H2,1-3H3. The largest absolute Gasteiger partial charge is 0.385 e. The lowest BCUT2D eigenvalue weighted by Gasteiger charge is -2.35. The van der Waals surface area contributed by atoms with Gasteiger partial charge in [-0.15, -0.1) is 0 Å². The van der Waals surface area contributed by atoms with Crippen LogP contribution >= 0.6 is 0 Å². The number of aryl methyl sites for hydroxylation is 1. The molecule has 8 nitrogen and oxygen atoms in total. The molecule has 0 atom stereocenters. The molecule has 3 rings (SSSR count). The van der Waals surface area contributed by atoms with Gasteiger partial charge in [0.15, 0.2) is 5.78 Å². The Bertz CT molecular complexity index is 883. The number of nitrogens with zero attached hydrogens (tertiary/aromatic N) is 4. The maximum Gasteiger partial charge on any atom is 0.269 e. The number of hydrogen-bond donors (Lipinski definition) is 0. The number of benzene rings is 1. The van der Waals surface area contributed by atoms with Crippen LogP contribution in [0.4, 0.5) is 11.4 Å². The van der Waals surface area contributed by atoms with Crippen molar-refractivity contribution >= 4 is 17.2 Å². The van der Waals surface area contributed by atoms with Crippen LogP contribution in [0.1, 0.15) is 28.2 Å². The zero-order chi connectivity index (χ0) is 21.7. The predicted molar refractivity (Wildman–Crippen MR) is 116 cm³/mol. The molecule has 30 heavy (non-hydrogen) atoms. The molecule has 1 aromatic carbocycles. The fraction of sp³-hybridized carbons (Fsp3) is 0.500. The molecule has 0 radical (unpaired) electrons. The predicted octanol–water partition coefficient (Wildman–Crippen LogP) is 3.05. The molecular weight excluding hydrogens is 384 g/mol. The van der Waals surface area contributed by atoms with Crippen molar-refractivity contribution in [2.24, 2.45) is 0 Å². The number of anilines is 1. The van der Waals surface area contributed by atoms with Crippen LogP contribution in [0, 0.1) is 24.0 Å². The van der Waals surface area contributed by atoms with E-state index in [1.807, 2.05) is 19.9 Å². The first-order valence-corrected chi connectivity index (χ1v) is 10.3. The van der Waals surface area contributed by atoms with Gasteiger partial charge in [-0.05, 0) is 38.5 Å². The SMILES string of the molecule is COCCCn1c(C)cc(C(=O)CN2CCN(c3ccc([N+](=O)[O-])cc3)CC2)c1C. The lowest BCUT2D eigenvalue weighted by molar-refractivity contribution is -0.384. The zero-order valence-electron chi connectivity index (χ0n) is 18.0. The van der Waals surface area contributed by atoms with Crippen LogP contribution in [-0.2, 0) is 11.3 Å². The lowest BCUT2D eigenvalue weighted by atomic mass is 10.1. The van der Waals surface area contributed by atoms with Gasteiger partial charge < -0.3 is 14.2 Å². The summed E-state index contributed by atoms with van der Waals surface area (Å²) in [7, 11) is 1.70. The Labute approximate surface area is 177 Å². The molecule has 0 spiro atoms. The van der Waals surface area contributed by atoms with Gasteiger partial charge >= 0.3 is 0 Å². The van der Waals surface area contributed by atoms with E-state index in [0.717, 1.165) is 61.8 Å². The van der Waals surface area contributed by atoms with Crippen LogP contribution < -0.4 is 4.90 Å². The summed E-state index contributed by atoms with van der Waals surface area (Å²) in [4.78, 5) is 27.7. The molecule has 1 fully saturated rings. The molecule has 0 N–H and O–H groups in total. The van der Waals surface area contributed by atoms with Crippen molar-refractivity contribution in [3.63, 3.8) is 0 Å². The van der Waals surface area contributed by atoms with Gasteiger partial charge in [0, 0.05) is 81.2 Å². The summed E-state index contributed by atoms with van der Waals surface area (Å²) in [6, 6.07) is 8.65. The number of piperazine rings is 1. The maximum atomic E-state index is 12.9. The number of hydrogen-bond acceptors (Lipinski definition) is 6. The molecule has 1 aromatic heterocycles. The Morgan fingerprint density at radius 3 is 2.40 bits per heavy atom. The van der Waals surface area contributed by atoms with Crippen molar-refractivity contribution < 1.29 is 14.5 Å². The third-order valence-corrected chi connectivity index (χ3v) is 5.77. The fourth-order valence-corrected chi connectivity index (χ4v) is 4.03. The summed E-state index contributed by atoms with van der Waals surface area (Å²) in [6.45, 7) is 9.19. The quantitative estimate of drug-likeness (QED) is 0.272. The van der Waals surface area contributed by atoms with Crippen LogP contribution in [0.5, 0.6) is 0 Å². The highest BCUT2D eigenvalue weighted by Gasteiger charge is 2.22. The van der Waals surface area contributed by atoms with E-state index in [-0.39, 0.29) is 16.4 Å². The van der Waals surface area contributed by atoms with Crippen molar-refractivity contribution in [2.45, 2.75) is 26.8 Å². The fourth-order valence-electron chi connectivity index (χ4n) is 4.03. The lowest BCUT2D eigenvalue weighted by Crippen LogP contribution is -2.48. The molecule has 162 valence electrons. The number of carbonyl (C=O) groups is 1. The first kappa shape index (κ1) is 22.0. The second-order valence-electron chi connectivity index (χ2n) is 7.74. The van der Waals surface area contributed by atoms with E-state index >= 15 is 0 Å². The van der Waals surface area contributed by atoms with Crippen molar-refractivity contribution in [1.29, 1.82) is 0 Å². The number of ether oxygens (including phenoxy) is 1. The minimum atomic E-state index is -0.387. The highest BCUT2D eigenvalue weighted by Crippen LogP contribution is 2.21. The molecule has 0 aliphatic carbocycles. The molecular formula is C22H30N4O4. The van der Waals surface area contributed by atoms with Crippen molar-refractivity contribution in [3.8, 4) is 0 Å². The number of Topliss-reactive ketones (excluding diaryl/α,β-unsaturated/α-hetero) is 1. The summed E-state index contributed by atoms with van der Waals surface area (Å²) in [5.74, 6) is 0.157. The van der Waals surface area contributed by atoms with Crippen LogP contribution in [0.3, 0.4) is 0 Å². The van der Waals surface area contributed by atoms with Gasteiger partial charge in [0.25, 0.3) is 5.69 Å². The van der Waals surface area contributed by atoms with E-state index in [0.29, 0.717) is 13.2 Å². The highest BCUT2D eigenvalue weighted by atomic mass is 16.6. The molecule has 8 heteroatoms. The molecule has 0 amide bonds. The topological polar surface area (TPSA) is 80.8 Å². The number of ketones is 1. The molecule has 2 aromatic rings. The third kappa shape index (κ3) is 5.06. The molecule has 0 unspecified atom stereocenters. The number of nitro groups is 1. The Morgan fingerprint density at radius 1 is 1.13 bits per heavy atom. The van der Waals surface area contributed by atoms with Crippen LogP contribution in [-0.4, -0.2) is 66.6 Å². The number of nitro benzene ring substituents is 1. The molecule has 1 saturated heterocycles. The Morgan fingerprint density at radius 2 is 1.80 bits per heavy atom. The second-order valence-corrected chi connectivity index (χ2v) is 7.74. The van der Waals surface area contributed by atoms with E-state index in [9.17, 15) is 14.9 Å². The third-order valence-electron chi connectivity index (χ3n) is 5.77. The summed E-state index contributed by atoms with van der Waals surface area (Å²) >= 11 is 0. The van der Waals surface area contributed by atoms with Crippen molar-refractivity contribution in [2.75, 3.05) is 51.3 Å². The van der Waals surface area contributed by atoms with Crippen molar-refractivity contribution in [1.82, 2.24) is 9.47 Å². The highest BCUT2D eigenvalue weighted by molar-refractivity contribution is 5.99. The van der Waals surface area contributed by atoms with Gasteiger partial charge in [-0.25, -0.2) is 0 Å². The molecule has 0 saturated carbocycles. The summed E-state index contributed by atoms with van der Waals surface area (Å²) in [5, 5.41) is 10.8. The Hall–Kier alpha value is -2.71. The van der Waals surface area contributed by atoms with Gasteiger partial charge in [-0.3, -0.25) is 19.8 Å². The first-order chi connectivity index (χ1) is 14.4. The molecule has 1 aliphatic heterocycles. The zero-order valence-corrected chi connectivity index (χ0v) is 18.0. The van der Waals surface area contributed by atoms with E-state index < -0.39 is 0 Å². The first-order valence-electron chi connectivity index (χ1n) is 10.3. The molecule has 0 bridgehead atoms. The van der Waals surface area contributed by atoms with Gasteiger partial charge in [-0.1, -0.05) is 0 Å². The van der Waals surface area contributed by atoms with Gasteiger partial charge in [0.2, 0.25) is 0 Å². The summed E-state index contributed by atoms with van der Waals surface area (Å²) < 4.78 is 7.33. The molecule has 2 heterocycles.